The number of nitrogens with zero attached hydrogens (tertiary/aromatic N) is 3. The largest absolute Gasteiger partial charge is 0.384 e. The van der Waals surface area contributed by atoms with Gasteiger partial charge in [0, 0.05) is 30.8 Å². The Morgan fingerprint density at radius 1 is 1.38 bits per heavy atom. The molecule has 0 saturated carbocycles. The lowest BCUT2D eigenvalue weighted by Gasteiger charge is -2.27. The number of ether oxygens (including phenoxy) is 1. The average Bonchev–Trinajstić information content (AvgIpc) is 3.01. The molecule has 3 heterocycles. The van der Waals surface area contributed by atoms with Crippen molar-refractivity contribution in [3.05, 3.63) is 35.8 Å². The van der Waals surface area contributed by atoms with Crippen molar-refractivity contribution in [2.24, 2.45) is 4.99 Å². The maximum absolute atomic E-state index is 9.95. The van der Waals surface area contributed by atoms with E-state index >= 15 is 0 Å². The van der Waals surface area contributed by atoms with Gasteiger partial charge in [0.1, 0.15) is 5.60 Å². The van der Waals surface area contributed by atoms with Crippen LogP contribution in [0.15, 0.2) is 29.5 Å². The predicted octanol–water partition coefficient (Wildman–Crippen LogP) is 1.78. The van der Waals surface area contributed by atoms with E-state index < -0.39 is 5.60 Å². The third-order valence-electron chi connectivity index (χ3n) is 3.87. The van der Waals surface area contributed by atoms with E-state index in [1.807, 2.05) is 18.3 Å². The highest BCUT2D eigenvalue weighted by Crippen LogP contribution is 2.24. The Bertz CT molecular complexity index is 552. The fourth-order valence-corrected chi connectivity index (χ4v) is 2.57. The molecule has 0 spiro atoms. The summed E-state index contributed by atoms with van der Waals surface area (Å²) in [6.45, 7) is 5.91. The molecule has 0 bridgehead atoms. The maximum atomic E-state index is 9.95. The van der Waals surface area contributed by atoms with Gasteiger partial charge in [0.15, 0.2) is 0 Å². The van der Waals surface area contributed by atoms with Crippen LogP contribution in [0.3, 0.4) is 0 Å². The number of aliphatic imine (C=N–C) groups is 1. The Morgan fingerprint density at radius 2 is 2.24 bits per heavy atom. The molecule has 112 valence electrons. The monoisotopic (exact) mass is 287 g/mol. The van der Waals surface area contributed by atoms with Crippen LogP contribution in [0.25, 0.3) is 5.70 Å². The lowest BCUT2D eigenvalue weighted by Crippen LogP contribution is -2.34. The number of aliphatic hydroxyl groups is 1. The molecule has 5 nitrogen and oxygen atoms in total. The Morgan fingerprint density at radius 3 is 2.86 bits per heavy atom. The van der Waals surface area contributed by atoms with E-state index in [9.17, 15) is 5.11 Å². The van der Waals surface area contributed by atoms with Crippen molar-refractivity contribution in [2.45, 2.75) is 31.9 Å². The summed E-state index contributed by atoms with van der Waals surface area (Å²) in [4.78, 5) is 11.1. The summed E-state index contributed by atoms with van der Waals surface area (Å²) in [7, 11) is 0. The first-order valence-electron chi connectivity index (χ1n) is 7.31. The molecule has 2 aliphatic heterocycles. The van der Waals surface area contributed by atoms with Crippen molar-refractivity contribution in [2.75, 3.05) is 19.8 Å². The minimum atomic E-state index is -0.921. The topological polar surface area (TPSA) is 58.0 Å². The Kier molecular flexibility index (Phi) is 3.78. The zero-order valence-electron chi connectivity index (χ0n) is 12.5. The van der Waals surface area contributed by atoms with Gasteiger partial charge in [-0.1, -0.05) is 0 Å². The summed E-state index contributed by atoms with van der Waals surface area (Å²) in [6.07, 6.45) is 6.84. The molecule has 0 unspecified atom stereocenters. The zero-order chi connectivity index (χ0) is 14.9. The van der Waals surface area contributed by atoms with Crippen molar-refractivity contribution in [1.29, 1.82) is 0 Å². The maximum Gasteiger partial charge on any atom is 0.101 e. The fraction of sp³-hybridized carbons (Fsp3) is 0.500. The Labute approximate surface area is 125 Å². The zero-order valence-corrected chi connectivity index (χ0v) is 12.5. The molecule has 21 heavy (non-hydrogen) atoms. The molecule has 2 aliphatic rings. The third kappa shape index (κ3) is 3.14. The average molecular weight is 287 g/mol. The van der Waals surface area contributed by atoms with E-state index in [1.165, 1.54) is 0 Å². The summed E-state index contributed by atoms with van der Waals surface area (Å²) < 4.78 is 5.45. The molecule has 1 aromatic rings. The van der Waals surface area contributed by atoms with E-state index in [4.69, 9.17) is 4.74 Å². The van der Waals surface area contributed by atoms with Gasteiger partial charge in [-0.2, -0.15) is 0 Å². The Hall–Kier alpha value is -1.72. The molecule has 1 atom stereocenters. The molecule has 0 aliphatic carbocycles. The number of rotatable bonds is 3. The van der Waals surface area contributed by atoms with Crippen LogP contribution >= 0.6 is 0 Å². The van der Waals surface area contributed by atoms with Crippen LogP contribution in [0.1, 0.15) is 31.5 Å². The minimum Gasteiger partial charge on any atom is -0.384 e. The van der Waals surface area contributed by atoms with E-state index in [-0.39, 0.29) is 0 Å². The minimum absolute atomic E-state index is 0.440. The van der Waals surface area contributed by atoms with E-state index in [1.54, 1.807) is 20.0 Å². The second-order valence-corrected chi connectivity index (χ2v) is 6.03. The quantitative estimate of drug-likeness (QED) is 0.920. The SMILES string of the molecule is CC(C)(O)c1ccc(C2=CN([C@@H]3CCOC3)CC=N2)cn1. The van der Waals surface area contributed by atoms with Crippen LogP contribution < -0.4 is 0 Å². The second kappa shape index (κ2) is 5.58. The van der Waals surface area contributed by atoms with Crippen LogP contribution in [0.5, 0.6) is 0 Å². The molecular weight excluding hydrogens is 266 g/mol. The number of hydrogen-bond acceptors (Lipinski definition) is 5. The van der Waals surface area contributed by atoms with Gasteiger partial charge in [0.2, 0.25) is 0 Å². The molecule has 0 amide bonds. The molecule has 1 N–H and O–H groups in total. The van der Waals surface area contributed by atoms with Crippen molar-refractivity contribution < 1.29 is 9.84 Å². The van der Waals surface area contributed by atoms with Crippen LogP contribution in [-0.2, 0) is 10.3 Å². The van der Waals surface area contributed by atoms with Crippen molar-refractivity contribution >= 4 is 11.9 Å². The summed E-state index contributed by atoms with van der Waals surface area (Å²) in [6, 6.07) is 4.25. The second-order valence-electron chi connectivity index (χ2n) is 6.03. The van der Waals surface area contributed by atoms with Gasteiger partial charge in [-0.05, 0) is 32.4 Å². The van der Waals surface area contributed by atoms with Crippen LogP contribution in [0.2, 0.25) is 0 Å². The summed E-state index contributed by atoms with van der Waals surface area (Å²) in [5.74, 6) is 0. The highest BCUT2D eigenvalue weighted by Gasteiger charge is 2.23. The standard InChI is InChI=1S/C16H21N3O2/c1-16(2,20)15-4-3-12(9-18-15)14-10-19(7-6-17-14)13-5-8-21-11-13/h3-4,6,9-10,13,20H,5,7-8,11H2,1-2H3/t13-/m1/s1. The molecular formula is C16H21N3O2. The van der Waals surface area contributed by atoms with Crippen molar-refractivity contribution in [3.63, 3.8) is 0 Å². The lowest BCUT2D eigenvalue weighted by molar-refractivity contribution is 0.0738. The van der Waals surface area contributed by atoms with Crippen molar-refractivity contribution in [1.82, 2.24) is 9.88 Å². The summed E-state index contributed by atoms with van der Waals surface area (Å²) >= 11 is 0. The first-order valence-corrected chi connectivity index (χ1v) is 7.31. The van der Waals surface area contributed by atoms with Gasteiger partial charge >= 0.3 is 0 Å². The number of pyridine rings is 1. The van der Waals surface area contributed by atoms with Gasteiger partial charge < -0.3 is 14.7 Å². The highest BCUT2D eigenvalue weighted by atomic mass is 16.5. The van der Waals surface area contributed by atoms with Crippen molar-refractivity contribution in [3.8, 4) is 0 Å². The number of hydrogen-bond donors (Lipinski definition) is 1. The van der Waals surface area contributed by atoms with E-state index in [2.05, 4.69) is 21.1 Å². The van der Waals surface area contributed by atoms with Crippen LogP contribution in [0, 0.1) is 0 Å². The molecule has 0 radical (unpaired) electrons. The first-order chi connectivity index (χ1) is 10.0. The van der Waals surface area contributed by atoms with E-state index in [0.717, 1.165) is 37.4 Å². The first kappa shape index (κ1) is 14.2. The third-order valence-corrected chi connectivity index (χ3v) is 3.87. The molecule has 1 fully saturated rings. The molecule has 3 rings (SSSR count). The smallest absolute Gasteiger partial charge is 0.101 e. The molecule has 1 aromatic heterocycles. The highest BCUT2D eigenvalue weighted by molar-refractivity contribution is 5.76. The fourth-order valence-electron chi connectivity index (χ4n) is 2.57. The van der Waals surface area contributed by atoms with Crippen LogP contribution in [0.4, 0.5) is 0 Å². The molecule has 1 saturated heterocycles. The number of aromatic nitrogens is 1. The van der Waals surface area contributed by atoms with E-state index in [0.29, 0.717) is 11.7 Å². The normalized spacial score (nSPS) is 22.5. The summed E-state index contributed by atoms with van der Waals surface area (Å²) in [5.41, 5.74) is 1.61. The van der Waals surface area contributed by atoms with Gasteiger partial charge in [0.05, 0.1) is 30.6 Å². The van der Waals surface area contributed by atoms with Gasteiger partial charge in [-0.15, -0.1) is 0 Å². The summed E-state index contributed by atoms with van der Waals surface area (Å²) in [5, 5.41) is 9.95. The molecule has 5 heteroatoms. The Balaban J connectivity index is 1.80. The lowest BCUT2D eigenvalue weighted by atomic mass is 10.0. The van der Waals surface area contributed by atoms with Gasteiger partial charge in [-0.3, -0.25) is 9.98 Å². The van der Waals surface area contributed by atoms with Gasteiger partial charge in [0.25, 0.3) is 0 Å². The van der Waals surface area contributed by atoms with Gasteiger partial charge in [-0.25, -0.2) is 0 Å². The van der Waals surface area contributed by atoms with Crippen LogP contribution in [-0.4, -0.2) is 47.0 Å². The molecule has 0 aromatic carbocycles. The predicted molar refractivity (Wildman–Crippen MR) is 81.9 cm³/mol.